The second-order valence-corrected chi connectivity index (χ2v) is 5.32. The van der Waals surface area contributed by atoms with Gasteiger partial charge in [0, 0.05) is 31.4 Å². The fourth-order valence-electron chi connectivity index (χ4n) is 2.75. The van der Waals surface area contributed by atoms with Gasteiger partial charge in [-0.1, -0.05) is 6.07 Å². The molecule has 4 nitrogen and oxygen atoms in total. The molecule has 0 bridgehead atoms. The van der Waals surface area contributed by atoms with Crippen molar-refractivity contribution in [1.29, 1.82) is 0 Å². The van der Waals surface area contributed by atoms with E-state index in [0.717, 1.165) is 25.2 Å². The molecule has 4 heteroatoms. The van der Waals surface area contributed by atoms with E-state index in [1.54, 1.807) is 0 Å². The van der Waals surface area contributed by atoms with Crippen molar-refractivity contribution in [1.82, 2.24) is 10.3 Å². The summed E-state index contributed by atoms with van der Waals surface area (Å²) in [6.07, 6.45) is 6.36. The summed E-state index contributed by atoms with van der Waals surface area (Å²) < 4.78 is 0. The van der Waals surface area contributed by atoms with Crippen molar-refractivity contribution in [2.75, 3.05) is 25.1 Å². The molecule has 1 aromatic heterocycles. The quantitative estimate of drug-likeness (QED) is 0.825. The van der Waals surface area contributed by atoms with Gasteiger partial charge in [-0.2, -0.15) is 0 Å². The van der Waals surface area contributed by atoms with E-state index in [1.807, 2.05) is 13.2 Å². The van der Waals surface area contributed by atoms with Crippen LogP contribution in [0.15, 0.2) is 18.3 Å². The van der Waals surface area contributed by atoms with Crippen LogP contribution in [0.1, 0.15) is 44.2 Å². The van der Waals surface area contributed by atoms with Crippen molar-refractivity contribution >= 4 is 5.82 Å². The highest BCUT2D eigenvalue weighted by molar-refractivity contribution is 5.42. The molecule has 0 radical (unpaired) electrons. The Kier molecular flexibility index (Phi) is 5.16. The lowest BCUT2D eigenvalue weighted by Crippen LogP contribution is -2.30. The summed E-state index contributed by atoms with van der Waals surface area (Å²) in [5.74, 6) is 1.08. The molecule has 2 rings (SSSR count). The van der Waals surface area contributed by atoms with Gasteiger partial charge in [0.05, 0.1) is 0 Å². The summed E-state index contributed by atoms with van der Waals surface area (Å²) in [4.78, 5) is 7.00. The van der Waals surface area contributed by atoms with Gasteiger partial charge in [-0.3, -0.25) is 0 Å². The number of nitrogens with one attached hydrogen (secondary N) is 1. The predicted molar refractivity (Wildman–Crippen MR) is 78.4 cm³/mol. The third-order valence-corrected chi connectivity index (χ3v) is 4.07. The number of rotatable bonds is 6. The Balaban J connectivity index is 2.04. The fourth-order valence-corrected chi connectivity index (χ4v) is 2.75. The van der Waals surface area contributed by atoms with E-state index in [2.05, 4.69) is 34.3 Å². The molecule has 2 N–H and O–H groups in total. The summed E-state index contributed by atoms with van der Waals surface area (Å²) >= 11 is 0. The first-order valence-corrected chi connectivity index (χ1v) is 7.27. The average molecular weight is 263 g/mol. The largest absolute Gasteiger partial charge is 0.396 e. The standard InChI is InChI=1S/C15H25N3O/c1-12(16-2)13-7-8-15(17-11-13)18-9-3-5-14(18)6-4-10-19/h7-8,11-12,14,16,19H,3-6,9-10H2,1-2H3. The van der Waals surface area contributed by atoms with E-state index in [-0.39, 0.29) is 6.61 Å². The van der Waals surface area contributed by atoms with Gasteiger partial charge >= 0.3 is 0 Å². The molecule has 2 unspecified atom stereocenters. The molecule has 2 heterocycles. The van der Waals surface area contributed by atoms with E-state index >= 15 is 0 Å². The number of nitrogens with zero attached hydrogens (tertiary/aromatic N) is 2. The van der Waals surface area contributed by atoms with Gasteiger partial charge in [0.1, 0.15) is 5.82 Å². The fraction of sp³-hybridized carbons (Fsp3) is 0.667. The zero-order valence-corrected chi connectivity index (χ0v) is 12.0. The Bertz CT molecular complexity index is 379. The highest BCUT2D eigenvalue weighted by atomic mass is 16.2. The average Bonchev–Trinajstić information content (AvgIpc) is 2.92. The Morgan fingerprint density at radius 3 is 3.00 bits per heavy atom. The van der Waals surface area contributed by atoms with Crippen molar-refractivity contribution in [3.8, 4) is 0 Å². The highest BCUT2D eigenvalue weighted by Gasteiger charge is 2.24. The van der Waals surface area contributed by atoms with Crippen LogP contribution < -0.4 is 10.2 Å². The van der Waals surface area contributed by atoms with Gasteiger partial charge in [0.2, 0.25) is 0 Å². The number of hydrogen-bond donors (Lipinski definition) is 2. The van der Waals surface area contributed by atoms with Crippen LogP contribution >= 0.6 is 0 Å². The minimum atomic E-state index is 0.288. The number of pyridine rings is 1. The topological polar surface area (TPSA) is 48.4 Å². The molecule has 1 aromatic rings. The lowest BCUT2D eigenvalue weighted by molar-refractivity contribution is 0.279. The lowest BCUT2D eigenvalue weighted by Gasteiger charge is -2.26. The number of aliphatic hydroxyl groups excluding tert-OH is 1. The Morgan fingerprint density at radius 2 is 2.37 bits per heavy atom. The van der Waals surface area contributed by atoms with Crippen LogP contribution in [0.4, 0.5) is 5.82 Å². The van der Waals surface area contributed by atoms with Crippen molar-refractivity contribution in [2.24, 2.45) is 0 Å². The van der Waals surface area contributed by atoms with Crippen LogP contribution in [0.25, 0.3) is 0 Å². The van der Waals surface area contributed by atoms with Gasteiger partial charge < -0.3 is 15.3 Å². The summed E-state index contributed by atoms with van der Waals surface area (Å²) in [6.45, 7) is 3.51. The molecular formula is C15H25N3O. The van der Waals surface area contributed by atoms with Crippen LogP contribution in [0.3, 0.4) is 0 Å². The summed E-state index contributed by atoms with van der Waals surface area (Å²) in [6, 6.07) is 5.17. The highest BCUT2D eigenvalue weighted by Crippen LogP contribution is 2.27. The molecule has 0 saturated carbocycles. The second-order valence-electron chi connectivity index (χ2n) is 5.32. The van der Waals surface area contributed by atoms with E-state index < -0.39 is 0 Å². The Morgan fingerprint density at radius 1 is 1.53 bits per heavy atom. The second kappa shape index (κ2) is 6.87. The van der Waals surface area contributed by atoms with E-state index in [4.69, 9.17) is 5.11 Å². The van der Waals surface area contributed by atoms with Gasteiger partial charge in [-0.25, -0.2) is 4.98 Å². The van der Waals surface area contributed by atoms with Crippen molar-refractivity contribution < 1.29 is 5.11 Å². The van der Waals surface area contributed by atoms with Gasteiger partial charge in [-0.15, -0.1) is 0 Å². The smallest absolute Gasteiger partial charge is 0.128 e. The van der Waals surface area contributed by atoms with Crippen molar-refractivity contribution in [3.63, 3.8) is 0 Å². The van der Waals surface area contributed by atoms with Crippen molar-refractivity contribution in [3.05, 3.63) is 23.9 Å². The molecule has 1 aliphatic heterocycles. The molecule has 0 spiro atoms. The summed E-state index contributed by atoms with van der Waals surface area (Å²) in [5, 5.41) is 12.2. The first-order valence-electron chi connectivity index (χ1n) is 7.27. The maximum Gasteiger partial charge on any atom is 0.128 e. The molecule has 19 heavy (non-hydrogen) atoms. The predicted octanol–water partition coefficient (Wildman–Crippen LogP) is 2.10. The molecule has 0 amide bonds. The van der Waals surface area contributed by atoms with Gasteiger partial charge in [-0.05, 0) is 51.3 Å². The van der Waals surface area contributed by atoms with Crippen LogP contribution in [-0.4, -0.2) is 36.3 Å². The number of aromatic nitrogens is 1. The molecule has 0 aromatic carbocycles. The van der Waals surface area contributed by atoms with Crippen molar-refractivity contribution in [2.45, 2.75) is 44.7 Å². The molecular weight excluding hydrogens is 238 g/mol. The third-order valence-electron chi connectivity index (χ3n) is 4.07. The Hall–Kier alpha value is -1.13. The molecule has 2 atom stereocenters. The maximum atomic E-state index is 8.97. The van der Waals surface area contributed by atoms with Crippen LogP contribution in [-0.2, 0) is 0 Å². The SMILES string of the molecule is CNC(C)c1ccc(N2CCCC2CCCO)nc1. The number of hydrogen-bond acceptors (Lipinski definition) is 4. The molecule has 106 valence electrons. The maximum absolute atomic E-state index is 8.97. The normalized spacial score (nSPS) is 20.8. The third kappa shape index (κ3) is 3.45. The van der Waals surface area contributed by atoms with Gasteiger partial charge in [0.15, 0.2) is 0 Å². The zero-order valence-electron chi connectivity index (χ0n) is 12.0. The van der Waals surface area contributed by atoms with E-state index in [0.29, 0.717) is 12.1 Å². The zero-order chi connectivity index (χ0) is 13.7. The van der Waals surface area contributed by atoms with E-state index in [9.17, 15) is 0 Å². The molecule has 0 aliphatic carbocycles. The minimum absolute atomic E-state index is 0.288. The van der Waals surface area contributed by atoms with Gasteiger partial charge in [0.25, 0.3) is 0 Å². The molecule has 1 aliphatic rings. The minimum Gasteiger partial charge on any atom is -0.396 e. The lowest BCUT2D eigenvalue weighted by atomic mass is 10.1. The van der Waals surface area contributed by atoms with E-state index in [1.165, 1.54) is 18.4 Å². The van der Waals surface area contributed by atoms with Crippen LogP contribution in [0.2, 0.25) is 0 Å². The van der Waals surface area contributed by atoms with Crippen LogP contribution in [0.5, 0.6) is 0 Å². The summed E-state index contributed by atoms with van der Waals surface area (Å²) in [7, 11) is 1.96. The first kappa shape index (κ1) is 14.3. The molecule has 1 fully saturated rings. The first-order chi connectivity index (χ1) is 9.26. The number of aliphatic hydroxyl groups is 1. The monoisotopic (exact) mass is 263 g/mol. The molecule has 1 saturated heterocycles. The Labute approximate surface area is 115 Å². The summed E-state index contributed by atoms with van der Waals surface area (Å²) in [5.41, 5.74) is 1.22. The number of anilines is 1. The van der Waals surface area contributed by atoms with Crippen LogP contribution in [0, 0.1) is 0 Å².